The third-order valence-electron chi connectivity index (χ3n) is 14.5. The zero-order valence-electron chi connectivity index (χ0n) is 53.0. The van der Waals surface area contributed by atoms with Crippen molar-refractivity contribution < 1.29 is 28.6 Å². The fraction of sp³-hybridized carbons (Fsp3) is 0.693. The van der Waals surface area contributed by atoms with E-state index in [1.165, 1.54) is 141 Å². The van der Waals surface area contributed by atoms with Gasteiger partial charge in [-0.25, -0.2) is 0 Å². The van der Waals surface area contributed by atoms with Gasteiger partial charge in [0, 0.05) is 19.3 Å². The Hall–Kier alpha value is -4.19. The van der Waals surface area contributed by atoms with E-state index < -0.39 is 6.10 Å². The number of rotatable bonds is 61. The van der Waals surface area contributed by atoms with Gasteiger partial charge in [-0.15, -0.1) is 0 Å². The standard InChI is InChI=1S/C75H126O6/c1-4-7-10-13-16-19-22-25-27-29-31-33-35-37-39-41-43-45-47-50-53-56-59-62-65-68-74(77)80-71-72(70-79-73(76)67-64-61-58-55-52-49-24-21-18-15-12-9-6-3)81-75(78)69-66-63-60-57-54-51-48-46-44-42-40-38-36-34-32-30-28-26-23-20-17-14-11-8-5-2/h7-8,10-11,16-17,19-20,25-28,31-34,37,39,43,45,72H,4-6,9,12-15,18,21-24,29-30,35-36,38,40-42,44,46-71H2,1-3H3/b10-7-,11-8-,19-16-,20-17-,27-25-,28-26-,33-31-,34-32-,39-37-,45-43-. The van der Waals surface area contributed by atoms with Crippen molar-refractivity contribution in [2.24, 2.45) is 0 Å². The normalized spacial score (nSPS) is 12.9. The monoisotopic (exact) mass is 1120 g/mol. The lowest BCUT2D eigenvalue weighted by Crippen LogP contribution is -2.30. The third-order valence-corrected chi connectivity index (χ3v) is 14.5. The zero-order chi connectivity index (χ0) is 58.5. The van der Waals surface area contributed by atoms with Gasteiger partial charge in [0.2, 0.25) is 0 Å². The van der Waals surface area contributed by atoms with E-state index >= 15 is 0 Å². The maximum atomic E-state index is 13.0. The van der Waals surface area contributed by atoms with Gasteiger partial charge in [0.05, 0.1) is 0 Å². The molecule has 0 aliphatic carbocycles. The van der Waals surface area contributed by atoms with Gasteiger partial charge in [-0.2, -0.15) is 0 Å². The van der Waals surface area contributed by atoms with Gasteiger partial charge in [-0.1, -0.05) is 309 Å². The summed E-state index contributed by atoms with van der Waals surface area (Å²) in [5.74, 6) is -0.889. The maximum Gasteiger partial charge on any atom is 0.306 e. The molecule has 0 aromatic heterocycles. The molecule has 0 amide bonds. The van der Waals surface area contributed by atoms with Gasteiger partial charge >= 0.3 is 17.9 Å². The van der Waals surface area contributed by atoms with Crippen molar-refractivity contribution in [1.29, 1.82) is 0 Å². The van der Waals surface area contributed by atoms with Gasteiger partial charge in [-0.05, 0) is 109 Å². The molecule has 0 fully saturated rings. The first kappa shape index (κ1) is 76.8. The lowest BCUT2D eigenvalue weighted by molar-refractivity contribution is -0.167. The first-order valence-electron chi connectivity index (χ1n) is 34.0. The van der Waals surface area contributed by atoms with E-state index in [1.54, 1.807) is 0 Å². The quantitative estimate of drug-likeness (QED) is 0.0261. The second-order valence-corrected chi connectivity index (χ2v) is 22.3. The van der Waals surface area contributed by atoms with E-state index in [0.717, 1.165) is 135 Å². The molecule has 0 aromatic carbocycles. The highest BCUT2D eigenvalue weighted by atomic mass is 16.6. The van der Waals surface area contributed by atoms with Crippen LogP contribution in [0.2, 0.25) is 0 Å². The predicted molar refractivity (Wildman–Crippen MR) is 353 cm³/mol. The van der Waals surface area contributed by atoms with E-state index in [0.29, 0.717) is 19.3 Å². The van der Waals surface area contributed by atoms with Crippen LogP contribution in [-0.4, -0.2) is 37.2 Å². The van der Waals surface area contributed by atoms with Gasteiger partial charge in [0.25, 0.3) is 0 Å². The predicted octanol–water partition coefficient (Wildman–Crippen LogP) is 23.6. The maximum absolute atomic E-state index is 13.0. The molecule has 0 saturated heterocycles. The summed E-state index contributed by atoms with van der Waals surface area (Å²) < 4.78 is 17.0. The van der Waals surface area contributed by atoms with Gasteiger partial charge in [-0.3, -0.25) is 14.4 Å². The number of carbonyl (C=O) groups is 3. The molecule has 1 unspecified atom stereocenters. The van der Waals surface area contributed by atoms with Crippen molar-refractivity contribution in [3.05, 3.63) is 122 Å². The Kier molecular flexibility index (Phi) is 64.8. The van der Waals surface area contributed by atoms with E-state index in [1.807, 2.05) is 0 Å². The van der Waals surface area contributed by atoms with E-state index in [2.05, 4.69) is 142 Å². The highest BCUT2D eigenvalue weighted by Gasteiger charge is 2.19. The molecule has 0 rings (SSSR count). The average molecular weight is 1120 g/mol. The van der Waals surface area contributed by atoms with Crippen molar-refractivity contribution >= 4 is 17.9 Å². The molecule has 0 aromatic rings. The van der Waals surface area contributed by atoms with Crippen molar-refractivity contribution in [3.63, 3.8) is 0 Å². The van der Waals surface area contributed by atoms with Gasteiger partial charge < -0.3 is 14.2 Å². The van der Waals surface area contributed by atoms with Gasteiger partial charge in [0.15, 0.2) is 6.10 Å². The molecule has 6 nitrogen and oxygen atoms in total. The Morgan fingerprint density at radius 2 is 0.481 bits per heavy atom. The van der Waals surface area contributed by atoms with Gasteiger partial charge in [0.1, 0.15) is 13.2 Å². The Morgan fingerprint density at radius 3 is 0.753 bits per heavy atom. The van der Waals surface area contributed by atoms with Crippen LogP contribution in [0.5, 0.6) is 0 Å². The zero-order valence-corrected chi connectivity index (χ0v) is 53.0. The fourth-order valence-electron chi connectivity index (χ4n) is 9.44. The summed E-state index contributed by atoms with van der Waals surface area (Å²) in [4.78, 5) is 38.4. The lowest BCUT2D eigenvalue weighted by atomic mass is 10.0. The molecule has 0 aliphatic heterocycles. The molecule has 0 N–H and O–H groups in total. The minimum atomic E-state index is -0.788. The molecule has 462 valence electrons. The largest absolute Gasteiger partial charge is 0.462 e. The van der Waals surface area contributed by atoms with Crippen molar-refractivity contribution in [3.8, 4) is 0 Å². The van der Waals surface area contributed by atoms with Crippen LogP contribution < -0.4 is 0 Å². The molecule has 0 bridgehead atoms. The summed E-state index contributed by atoms with van der Waals surface area (Å²) in [5.41, 5.74) is 0. The number of unbranched alkanes of at least 4 members (excludes halogenated alkanes) is 30. The first-order chi connectivity index (χ1) is 40.0. The summed E-state index contributed by atoms with van der Waals surface area (Å²) in [6.07, 6.45) is 94.9. The smallest absolute Gasteiger partial charge is 0.306 e. The van der Waals surface area contributed by atoms with Crippen LogP contribution in [-0.2, 0) is 28.6 Å². The highest BCUT2D eigenvalue weighted by molar-refractivity contribution is 5.71. The van der Waals surface area contributed by atoms with Crippen LogP contribution in [0.15, 0.2) is 122 Å². The number of allylic oxidation sites excluding steroid dienone is 20. The van der Waals surface area contributed by atoms with Crippen molar-refractivity contribution in [1.82, 2.24) is 0 Å². The van der Waals surface area contributed by atoms with Crippen LogP contribution in [0, 0.1) is 0 Å². The number of hydrogen-bond donors (Lipinski definition) is 0. The topological polar surface area (TPSA) is 78.9 Å². The van der Waals surface area contributed by atoms with Crippen LogP contribution in [0.25, 0.3) is 0 Å². The fourth-order valence-corrected chi connectivity index (χ4v) is 9.44. The summed E-state index contributed by atoms with van der Waals surface area (Å²) >= 11 is 0. The van der Waals surface area contributed by atoms with Crippen LogP contribution in [0.4, 0.5) is 0 Å². The Bertz CT molecular complexity index is 1670. The Morgan fingerprint density at radius 1 is 0.259 bits per heavy atom. The minimum absolute atomic E-state index is 0.0824. The number of hydrogen-bond acceptors (Lipinski definition) is 6. The molecule has 0 saturated carbocycles. The number of esters is 3. The second kappa shape index (κ2) is 68.3. The first-order valence-corrected chi connectivity index (χ1v) is 34.0. The van der Waals surface area contributed by atoms with E-state index in [-0.39, 0.29) is 31.1 Å². The van der Waals surface area contributed by atoms with E-state index in [9.17, 15) is 14.4 Å². The average Bonchev–Trinajstić information content (AvgIpc) is 3.46. The van der Waals surface area contributed by atoms with Crippen molar-refractivity contribution in [2.45, 2.75) is 322 Å². The SMILES string of the molecule is CC/C=C\C/C=C\C/C=C\C/C=C\C/C=C\C/C=C\CCCCCCCCC(=O)OCC(COC(=O)CCCCCCCCCCCCCCC)OC(=O)CCCCCCCCCCCCCC/C=C\C/C=C\C/C=C\C/C=C\CC. The molecular formula is C75H126O6. The van der Waals surface area contributed by atoms with Crippen LogP contribution in [0.3, 0.4) is 0 Å². The summed E-state index contributed by atoms with van der Waals surface area (Å²) in [7, 11) is 0. The molecule has 0 spiro atoms. The molecule has 81 heavy (non-hydrogen) atoms. The molecule has 0 aliphatic rings. The molecule has 0 radical (unpaired) electrons. The molecule has 6 heteroatoms. The van der Waals surface area contributed by atoms with Crippen LogP contribution in [0.1, 0.15) is 316 Å². The van der Waals surface area contributed by atoms with Crippen molar-refractivity contribution in [2.75, 3.05) is 13.2 Å². The minimum Gasteiger partial charge on any atom is -0.462 e. The lowest BCUT2D eigenvalue weighted by Gasteiger charge is -2.18. The molecule has 1 atom stereocenters. The Balaban J connectivity index is 4.35. The summed E-state index contributed by atoms with van der Waals surface area (Å²) in [5, 5.41) is 0. The Labute approximate surface area is 501 Å². The van der Waals surface area contributed by atoms with E-state index in [4.69, 9.17) is 14.2 Å². The molecular weight excluding hydrogens is 997 g/mol. The third kappa shape index (κ3) is 66.5. The highest BCUT2D eigenvalue weighted by Crippen LogP contribution is 2.17. The number of carbonyl (C=O) groups excluding carboxylic acids is 3. The summed E-state index contributed by atoms with van der Waals surface area (Å²) in [6, 6.07) is 0. The summed E-state index contributed by atoms with van der Waals surface area (Å²) in [6.45, 7) is 6.43. The number of ether oxygens (including phenoxy) is 3. The molecule has 0 heterocycles. The van der Waals surface area contributed by atoms with Crippen LogP contribution >= 0.6 is 0 Å². The second-order valence-electron chi connectivity index (χ2n) is 22.3.